The molecule has 0 radical (unpaired) electrons. The number of aromatic nitrogens is 1. The monoisotopic (exact) mass is 315 g/mol. The van der Waals surface area contributed by atoms with Crippen molar-refractivity contribution in [1.82, 2.24) is 9.88 Å². The summed E-state index contributed by atoms with van der Waals surface area (Å²) in [6.45, 7) is -0.836. The van der Waals surface area contributed by atoms with E-state index in [0.29, 0.717) is 11.4 Å². The van der Waals surface area contributed by atoms with Crippen LogP contribution in [0.5, 0.6) is 5.75 Å². The summed E-state index contributed by atoms with van der Waals surface area (Å²) in [6.07, 6.45) is 0.456. The van der Waals surface area contributed by atoms with E-state index in [1.54, 1.807) is 30.5 Å². The molecule has 5 nitrogen and oxygen atoms in total. The molecular formula is C18H20N2O3. The number of likely N-dealkylation sites (N-methyl/N-ethyl adjacent to an activating group) is 1. The number of fused-ring (bicyclic) bond motifs is 1. The van der Waals surface area contributed by atoms with Gasteiger partial charge in [0.1, 0.15) is 18.5 Å². The quantitative estimate of drug-likeness (QED) is 0.869. The van der Waals surface area contributed by atoms with E-state index >= 15 is 0 Å². The lowest BCUT2D eigenvalue weighted by Crippen LogP contribution is -2.34. The Hall–Kier alpha value is -2.56. The van der Waals surface area contributed by atoms with Gasteiger partial charge in [0.05, 0.1) is 11.6 Å². The highest BCUT2D eigenvalue weighted by Crippen LogP contribution is 2.36. The first-order chi connectivity index (χ1) is 12.4. The standard InChI is InChI=1S/C18H20N2O3/c1-13-15(17-16(23-13)9-6-10-19-17)11-20(2)18(21)22-12-14-7-4-3-5-8-14/h3-10,13,15H,11-12H2,1-2H3/t13-,15-/m1/s1/i2D3. The Labute approximate surface area is 140 Å². The van der Waals surface area contributed by atoms with Crippen LogP contribution in [0, 0.1) is 0 Å². The molecule has 0 saturated carbocycles. The van der Waals surface area contributed by atoms with Gasteiger partial charge < -0.3 is 14.4 Å². The Bertz CT molecular complexity index is 768. The van der Waals surface area contributed by atoms with Gasteiger partial charge in [-0.2, -0.15) is 0 Å². The van der Waals surface area contributed by atoms with Crippen molar-refractivity contribution in [3.05, 3.63) is 59.9 Å². The van der Waals surface area contributed by atoms with Crippen molar-refractivity contribution in [3.8, 4) is 5.75 Å². The molecule has 3 rings (SSSR count). The summed E-state index contributed by atoms with van der Waals surface area (Å²) in [5, 5.41) is 0. The second-order valence-corrected chi connectivity index (χ2v) is 5.47. The SMILES string of the molecule is [2H]C([2H])([2H])N(C[C@H]1c2ncccc2O[C@@H]1C)C(=O)OCc1ccccc1. The Kier molecular flexibility index (Phi) is 3.47. The highest BCUT2D eigenvalue weighted by molar-refractivity contribution is 5.67. The van der Waals surface area contributed by atoms with E-state index in [2.05, 4.69) is 4.98 Å². The minimum Gasteiger partial charge on any atom is -0.488 e. The van der Waals surface area contributed by atoms with E-state index < -0.39 is 13.1 Å². The molecule has 1 aliphatic heterocycles. The van der Waals surface area contributed by atoms with Crippen LogP contribution in [0.25, 0.3) is 0 Å². The van der Waals surface area contributed by atoms with Crippen LogP contribution in [0.4, 0.5) is 4.79 Å². The summed E-state index contributed by atoms with van der Waals surface area (Å²) in [6, 6.07) is 12.7. The molecule has 2 heterocycles. The lowest BCUT2D eigenvalue weighted by atomic mass is 10.0. The molecule has 1 aliphatic rings. The maximum Gasteiger partial charge on any atom is 0.409 e. The number of hydrogen-bond acceptors (Lipinski definition) is 4. The van der Waals surface area contributed by atoms with Gasteiger partial charge in [-0.3, -0.25) is 4.98 Å². The molecule has 2 atom stereocenters. The average molecular weight is 315 g/mol. The number of carbonyl (C=O) groups is 1. The Morgan fingerprint density at radius 3 is 2.96 bits per heavy atom. The molecule has 1 aromatic carbocycles. The van der Waals surface area contributed by atoms with E-state index in [4.69, 9.17) is 13.6 Å². The molecule has 0 N–H and O–H groups in total. The summed E-state index contributed by atoms with van der Waals surface area (Å²) in [4.78, 5) is 17.5. The first-order valence-electron chi connectivity index (χ1n) is 8.96. The number of rotatable bonds is 4. The van der Waals surface area contributed by atoms with Gasteiger partial charge in [0.25, 0.3) is 0 Å². The summed E-state index contributed by atoms with van der Waals surface area (Å²) in [5.41, 5.74) is 1.45. The van der Waals surface area contributed by atoms with Crippen LogP contribution in [0.1, 0.15) is 28.2 Å². The Morgan fingerprint density at radius 1 is 1.35 bits per heavy atom. The third-order valence-electron chi connectivity index (χ3n) is 3.84. The zero-order valence-electron chi connectivity index (χ0n) is 15.8. The predicted molar refractivity (Wildman–Crippen MR) is 86.3 cm³/mol. The van der Waals surface area contributed by atoms with Gasteiger partial charge in [0, 0.05) is 23.8 Å². The largest absolute Gasteiger partial charge is 0.488 e. The van der Waals surface area contributed by atoms with Crippen molar-refractivity contribution < 1.29 is 18.4 Å². The highest BCUT2D eigenvalue weighted by atomic mass is 16.6. The zero-order valence-corrected chi connectivity index (χ0v) is 12.8. The van der Waals surface area contributed by atoms with Gasteiger partial charge in [-0.1, -0.05) is 30.3 Å². The maximum atomic E-state index is 12.5. The lowest BCUT2D eigenvalue weighted by Gasteiger charge is -2.22. The van der Waals surface area contributed by atoms with E-state index in [1.165, 1.54) is 0 Å². The van der Waals surface area contributed by atoms with E-state index in [1.807, 2.05) is 25.1 Å². The van der Waals surface area contributed by atoms with Crippen LogP contribution in [0.15, 0.2) is 48.7 Å². The molecule has 0 saturated heterocycles. The number of benzene rings is 1. The number of carbonyl (C=O) groups excluding carboxylic acids is 1. The van der Waals surface area contributed by atoms with Crippen molar-refractivity contribution in [1.29, 1.82) is 0 Å². The third-order valence-corrected chi connectivity index (χ3v) is 3.84. The van der Waals surface area contributed by atoms with Crippen molar-refractivity contribution in [2.24, 2.45) is 0 Å². The fourth-order valence-electron chi connectivity index (χ4n) is 2.59. The van der Waals surface area contributed by atoms with Crippen molar-refractivity contribution in [3.63, 3.8) is 0 Å². The second kappa shape index (κ2) is 6.69. The van der Waals surface area contributed by atoms with Gasteiger partial charge in [-0.15, -0.1) is 0 Å². The highest BCUT2D eigenvalue weighted by Gasteiger charge is 2.34. The molecule has 0 aliphatic carbocycles. The molecule has 23 heavy (non-hydrogen) atoms. The first kappa shape index (κ1) is 11.9. The first-order valence-corrected chi connectivity index (χ1v) is 7.46. The van der Waals surface area contributed by atoms with Crippen LogP contribution in [-0.2, 0) is 11.3 Å². The zero-order chi connectivity index (χ0) is 18.7. The number of amides is 1. The van der Waals surface area contributed by atoms with Gasteiger partial charge in [-0.25, -0.2) is 4.79 Å². The number of pyridine rings is 1. The van der Waals surface area contributed by atoms with Gasteiger partial charge in [0.2, 0.25) is 0 Å². The van der Waals surface area contributed by atoms with Gasteiger partial charge in [-0.05, 0) is 24.6 Å². The minimum absolute atomic E-state index is 0.0117. The fraction of sp³-hybridized carbons (Fsp3) is 0.333. The van der Waals surface area contributed by atoms with Crippen LogP contribution < -0.4 is 4.74 Å². The van der Waals surface area contributed by atoms with E-state index in [0.717, 1.165) is 10.5 Å². The average Bonchev–Trinajstić information content (AvgIpc) is 2.92. The van der Waals surface area contributed by atoms with Crippen molar-refractivity contribution >= 4 is 6.09 Å². The van der Waals surface area contributed by atoms with Crippen LogP contribution >= 0.6 is 0 Å². The van der Waals surface area contributed by atoms with Crippen LogP contribution in [0.3, 0.4) is 0 Å². The molecule has 5 heteroatoms. The number of nitrogens with zero attached hydrogens (tertiary/aromatic N) is 2. The molecule has 0 fully saturated rings. The smallest absolute Gasteiger partial charge is 0.409 e. The Balaban J connectivity index is 1.73. The molecule has 0 bridgehead atoms. The minimum atomic E-state index is -2.62. The van der Waals surface area contributed by atoms with Crippen molar-refractivity contribution in [2.75, 3.05) is 13.5 Å². The molecule has 0 spiro atoms. The number of ether oxygens (including phenoxy) is 2. The second-order valence-electron chi connectivity index (χ2n) is 5.47. The van der Waals surface area contributed by atoms with Crippen molar-refractivity contribution in [2.45, 2.75) is 25.6 Å². The van der Waals surface area contributed by atoms with Crippen LogP contribution in [-0.4, -0.2) is 35.6 Å². The van der Waals surface area contributed by atoms with Crippen LogP contribution in [0.2, 0.25) is 0 Å². The van der Waals surface area contributed by atoms with Gasteiger partial charge >= 0.3 is 6.09 Å². The lowest BCUT2D eigenvalue weighted by molar-refractivity contribution is 0.0981. The molecule has 0 unspecified atom stereocenters. The molecular weight excluding hydrogens is 292 g/mol. The summed E-state index contributed by atoms with van der Waals surface area (Å²) >= 11 is 0. The molecule has 1 aromatic heterocycles. The summed E-state index contributed by atoms with van der Waals surface area (Å²) < 4.78 is 34.1. The topological polar surface area (TPSA) is 51.7 Å². The van der Waals surface area contributed by atoms with E-state index in [9.17, 15) is 4.79 Å². The fourth-order valence-corrected chi connectivity index (χ4v) is 2.59. The normalized spacial score (nSPS) is 21.3. The summed E-state index contributed by atoms with van der Waals surface area (Å²) in [7, 11) is 0. The van der Waals surface area contributed by atoms with Gasteiger partial charge in [0.15, 0.2) is 0 Å². The predicted octanol–water partition coefficient (Wildman–Crippen LogP) is 3.21. The number of hydrogen-bond donors (Lipinski definition) is 0. The molecule has 2 aromatic rings. The Morgan fingerprint density at radius 2 is 2.17 bits per heavy atom. The molecule has 120 valence electrons. The third kappa shape index (κ3) is 3.44. The maximum absolute atomic E-state index is 12.5. The summed E-state index contributed by atoms with van der Waals surface area (Å²) in [5.74, 6) is 0.282. The van der Waals surface area contributed by atoms with E-state index in [-0.39, 0.29) is 25.2 Å². The molecule has 1 amide bonds.